The Hall–Kier alpha value is -6.28. The van der Waals surface area contributed by atoms with Crippen LogP contribution in [0, 0.1) is 35.5 Å². The van der Waals surface area contributed by atoms with Crippen LogP contribution >= 0.6 is 11.6 Å². The first-order chi connectivity index (χ1) is 47.7. The summed E-state index contributed by atoms with van der Waals surface area (Å²) in [4.78, 5) is 193. The van der Waals surface area contributed by atoms with Crippen molar-refractivity contribution >= 4 is 82.5 Å². The number of nitrogens with zero attached hydrogens (tertiary/aromatic N) is 9. The molecule has 4 heterocycles. The van der Waals surface area contributed by atoms with Crippen LogP contribution in [0.15, 0.2) is 0 Å². The van der Waals surface area contributed by atoms with Crippen molar-refractivity contribution in [2.24, 2.45) is 35.5 Å². The summed E-state index contributed by atoms with van der Waals surface area (Å²) in [6, 6.07) is -10.7. The smallest absolute Gasteiger partial charge is 0.343 e. The van der Waals surface area contributed by atoms with Crippen LogP contribution in [0.2, 0.25) is 0 Å². The summed E-state index contributed by atoms with van der Waals surface area (Å²) in [6.45, 7) is 9.36. The van der Waals surface area contributed by atoms with Gasteiger partial charge in [-0.15, -0.1) is 11.6 Å². The highest BCUT2D eigenvalue weighted by Gasteiger charge is 2.53. The highest BCUT2D eigenvalue weighted by molar-refractivity contribution is 6.21. The van der Waals surface area contributed by atoms with E-state index < -0.39 is 167 Å². The van der Waals surface area contributed by atoms with E-state index in [2.05, 4.69) is 16.0 Å². The maximum Gasteiger partial charge on any atom is 0.393 e. The second kappa shape index (κ2) is 35.0. The Morgan fingerprint density at radius 2 is 1.23 bits per heavy atom. The molecule has 12 amide bonds. The number of hydrogen-bond acceptors (Lipinski definition) is 12. The molecule has 0 radical (unpaired) electrons. The first kappa shape index (κ1) is 80.4. The predicted octanol–water partition coefficient (Wildman–Crippen LogP) is 6.24. The zero-order valence-electron chi connectivity index (χ0n) is 61.8. The number of likely N-dealkylation sites (tertiary alicyclic amines) is 1. The average molecular weight is 1450 g/mol. The molecule has 28 heteroatoms. The van der Waals surface area contributed by atoms with Gasteiger partial charge in [0.2, 0.25) is 70.9 Å². The molecule has 4 saturated heterocycles. The van der Waals surface area contributed by atoms with Crippen molar-refractivity contribution in [2.45, 2.75) is 279 Å². The molecule has 568 valence electrons. The number of carbonyl (C=O) groups is 12. The molecule has 8 aliphatic rings. The Bertz CT molecular complexity index is 2990. The molecule has 8 fully saturated rings. The van der Waals surface area contributed by atoms with Crippen LogP contribution in [-0.4, -0.2) is 261 Å². The fourth-order valence-electron chi connectivity index (χ4n) is 17.4. The Morgan fingerprint density at radius 3 is 1.82 bits per heavy atom. The third kappa shape index (κ3) is 18.8. The van der Waals surface area contributed by atoms with E-state index in [1.54, 1.807) is 11.8 Å². The lowest BCUT2D eigenvalue weighted by atomic mass is 9.78. The minimum absolute atomic E-state index is 0.00495. The Kier molecular flexibility index (Phi) is 27.9. The average Bonchev–Trinajstić information content (AvgIpc) is 1.76. The minimum atomic E-state index is -4.51. The van der Waals surface area contributed by atoms with Gasteiger partial charge >= 0.3 is 6.18 Å². The number of rotatable bonds is 11. The second-order valence-corrected chi connectivity index (χ2v) is 32.1. The van der Waals surface area contributed by atoms with Crippen molar-refractivity contribution in [3.8, 4) is 0 Å². The highest BCUT2D eigenvalue weighted by atomic mass is 35.5. The van der Waals surface area contributed by atoms with Crippen molar-refractivity contribution in [3.63, 3.8) is 0 Å². The molecule has 101 heavy (non-hydrogen) atoms. The second-order valence-electron chi connectivity index (χ2n) is 31.5. The molecule has 4 aliphatic heterocycles. The van der Waals surface area contributed by atoms with Crippen molar-refractivity contribution < 1.29 is 70.7 Å². The van der Waals surface area contributed by atoms with Crippen LogP contribution < -0.4 is 16.0 Å². The molecular formula is C73H116ClF3N12O12. The van der Waals surface area contributed by atoms with Gasteiger partial charge in [0.1, 0.15) is 59.9 Å². The van der Waals surface area contributed by atoms with E-state index in [1.807, 2.05) is 20.8 Å². The summed E-state index contributed by atoms with van der Waals surface area (Å²) < 4.78 is 42.1. The molecule has 1 spiro atoms. The van der Waals surface area contributed by atoms with Crippen LogP contribution in [0.25, 0.3) is 0 Å². The van der Waals surface area contributed by atoms with Crippen molar-refractivity contribution in [1.82, 2.24) is 60.0 Å². The molecule has 0 bridgehead atoms. The van der Waals surface area contributed by atoms with Crippen LogP contribution in [-0.2, 0) is 57.5 Å². The summed E-state index contributed by atoms with van der Waals surface area (Å²) in [6.07, 6.45) is 6.54. The number of halogens is 4. The number of hydrogen-bond donors (Lipinski definition) is 3. The maximum absolute atomic E-state index is 15.7. The Labute approximate surface area is 600 Å². The van der Waals surface area contributed by atoms with Gasteiger partial charge < -0.3 is 60.0 Å². The van der Waals surface area contributed by atoms with Gasteiger partial charge in [0, 0.05) is 73.8 Å². The Balaban J connectivity index is 1.16. The lowest BCUT2D eigenvalue weighted by Gasteiger charge is -2.45. The van der Waals surface area contributed by atoms with Crippen molar-refractivity contribution in [1.29, 1.82) is 0 Å². The van der Waals surface area contributed by atoms with Gasteiger partial charge in [0.25, 0.3) is 0 Å². The van der Waals surface area contributed by atoms with Crippen LogP contribution in [0.5, 0.6) is 0 Å². The van der Waals surface area contributed by atoms with E-state index in [-0.39, 0.29) is 107 Å². The van der Waals surface area contributed by atoms with Gasteiger partial charge in [-0.25, -0.2) is 0 Å². The highest BCUT2D eigenvalue weighted by Crippen LogP contribution is 2.44. The minimum Gasteiger partial charge on any atom is -0.343 e. The molecule has 3 N–H and O–H groups in total. The lowest BCUT2D eigenvalue weighted by Crippen LogP contribution is -2.65. The molecule has 8 rings (SSSR count). The zero-order valence-corrected chi connectivity index (χ0v) is 62.6. The fraction of sp³-hybridized carbons (Fsp3) is 0.836. The van der Waals surface area contributed by atoms with Gasteiger partial charge in [0.05, 0.1) is 18.9 Å². The SMILES string of the molecule is CC[C@H](C)[C@@H]1NC(=O)[C@H](CC(C)C)N(C)C(=O)C[C@@H](C(=O)N2CCCC2)N(C)C(=O)[C@H](C2CCCC2)N(C)C(=O)C2(CCCC2)NC(=O)[C@@H]2CCCN2C(=O)[C@H](CCC2CCC(C(F)(F)F)C(Cl)C2)NC(=O)CN(C)C(=O)[C@H](CC2CCCCC2)N(C)C(=O)[C@@H]2CCN2C(=O)[C@H](C)N(C)C1=O. The van der Waals surface area contributed by atoms with Gasteiger partial charge in [-0.1, -0.05) is 91.9 Å². The number of fused-ring (bicyclic) bond motifs is 2. The first-order valence-corrected chi connectivity index (χ1v) is 38.2. The normalized spacial score (nSPS) is 31.6. The molecule has 4 saturated carbocycles. The maximum atomic E-state index is 15.7. The van der Waals surface area contributed by atoms with E-state index >= 15 is 28.8 Å². The van der Waals surface area contributed by atoms with Crippen LogP contribution in [0.1, 0.15) is 208 Å². The number of amides is 12. The van der Waals surface area contributed by atoms with Crippen LogP contribution in [0.4, 0.5) is 13.2 Å². The predicted molar refractivity (Wildman–Crippen MR) is 372 cm³/mol. The monoisotopic (exact) mass is 1440 g/mol. The van der Waals surface area contributed by atoms with E-state index in [9.17, 15) is 41.9 Å². The van der Waals surface area contributed by atoms with Gasteiger partial charge in [-0.05, 0) is 139 Å². The molecule has 0 aromatic carbocycles. The standard InChI is InChI=1S/C73H116ClF3N12O12/c1-12-45(4)60-69(99)82(7)46(5)64(94)89-38-32-54(89)67(97)84(9)56(41-47-23-14-13-15-24-47)66(96)81(6)43-58(90)78-52(31-29-48-28-30-50(51(74)40-48)73(75,76)77)65(95)88-37-22-27-53(88)63(93)80-72(33-18-19-34-72)71(101)86(11)61(49-25-16-17-26-49)70(100)85(10)57(68(98)87-35-20-21-36-87)42-59(91)83(8)55(39-44(2)3)62(92)79-60/h44-57,60-61H,12-43H2,1-11H3,(H,78,90)(H,79,92)(H,80,93)/t45-,46-,48?,50?,51?,52-,53-,54-,55-,56-,57-,60-,61-/m0/s1. The molecule has 13 atom stereocenters. The third-order valence-corrected chi connectivity index (χ3v) is 24.7. The third-order valence-electron chi connectivity index (χ3n) is 24.2. The first-order valence-electron chi connectivity index (χ1n) is 37.8. The molecule has 0 aromatic rings. The van der Waals surface area contributed by atoms with E-state index in [0.29, 0.717) is 64.5 Å². The topological polar surface area (TPSA) is 270 Å². The summed E-state index contributed by atoms with van der Waals surface area (Å²) in [7, 11) is 8.81. The van der Waals surface area contributed by atoms with Crippen LogP contribution in [0.3, 0.4) is 0 Å². The quantitative estimate of drug-likeness (QED) is 0.194. The lowest BCUT2D eigenvalue weighted by molar-refractivity contribution is -0.182. The summed E-state index contributed by atoms with van der Waals surface area (Å²) in [5.74, 6) is -10.2. The number of likely N-dealkylation sites (N-methyl/N-ethyl adjacent to an activating group) is 6. The summed E-state index contributed by atoms with van der Waals surface area (Å²) in [5, 5.41) is 7.69. The summed E-state index contributed by atoms with van der Waals surface area (Å²) >= 11 is 6.42. The molecule has 3 unspecified atom stereocenters. The molecule has 0 aromatic heterocycles. The van der Waals surface area contributed by atoms with Crippen molar-refractivity contribution in [3.05, 3.63) is 0 Å². The molecule has 4 aliphatic carbocycles. The van der Waals surface area contributed by atoms with Gasteiger partial charge in [-0.2, -0.15) is 13.2 Å². The van der Waals surface area contributed by atoms with Crippen molar-refractivity contribution in [2.75, 3.05) is 75.0 Å². The Morgan fingerprint density at radius 1 is 0.594 bits per heavy atom. The largest absolute Gasteiger partial charge is 0.393 e. The summed E-state index contributed by atoms with van der Waals surface area (Å²) in [5.41, 5.74) is -1.54. The zero-order chi connectivity index (χ0) is 74.1. The number of alkyl halides is 4. The number of nitrogens with one attached hydrogen (secondary N) is 3. The molecule has 24 nitrogen and oxygen atoms in total. The fourth-order valence-corrected chi connectivity index (χ4v) is 17.9. The van der Waals surface area contributed by atoms with E-state index in [4.69, 9.17) is 11.6 Å². The van der Waals surface area contributed by atoms with E-state index in [0.717, 1.165) is 44.9 Å². The van der Waals surface area contributed by atoms with Gasteiger partial charge in [0.15, 0.2) is 0 Å². The molecular weight excluding hydrogens is 1330 g/mol. The van der Waals surface area contributed by atoms with E-state index in [1.165, 1.54) is 88.4 Å². The van der Waals surface area contributed by atoms with Gasteiger partial charge in [-0.3, -0.25) is 57.5 Å². The number of carbonyl (C=O) groups excluding carboxylic acids is 12.